The number of nitrogens with one attached hydrogen (secondary N) is 2. The van der Waals surface area contributed by atoms with E-state index < -0.39 is 28.5 Å². The van der Waals surface area contributed by atoms with Gasteiger partial charge in [-0.15, -0.1) is 0 Å². The summed E-state index contributed by atoms with van der Waals surface area (Å²) in [4.78, 5) is 23.6. The van der Waals surface area contributed by atoms with Crippen LogP contribution in [-0.2, 0) is 26.0 Å². The molecular weight excluding hydrogens is 427 g/mol. The second kappa shape index (κ2) is 9.88. The van der Waals surface area contributed by atoms with E-state index >= 15 is 0 Å². The molecule has 0 unspecified atom stereocenters. The Labute approximate surface area is 173 Å². The van der Waals surface area contributed by atoms with Gasteiger partial charge in [-0.25, -0.2) is 17.9 Å². The highest BCUT2D eigenvalue weighted by Gasteiger charge is 2.19. The van der Waals surface area contributed by atoms with E-state index in [2.05, 4.69) is 10.0 Å². The van der Waals surface area contributed by atoms with Gasteiger partial charge in [0.25, 0.3) is 5.91 Å². The van der Waals surface area contributed by atoms with Gasteiger partial charge < -0.3 is 10.1 Å². The first-order chi connectivity index (χ1) is 13.2. The summed E-state index contributed by atoms with van der Waals surface area (Å²) in [5, 5.41) is 3.23. The van der Waals surface area contributed by atoms with Gasteiger partial charge in [0, 0.05) is 11.6 Å². The van der Waals surface area contributed by atoms with Crippen molar-refractivity contribution in [3.8, 4) is 0 Å². The lowest BCUT2D eigenvalue weighted by Gasteiger charge is -2.09. The van der Waals surface area contributed by atoms with E-state index in [1.54, 1.807) is 12.1 Å². The average Bonchev–Trinajstić information content (AvgIpc) is 2.68. The molecule has 0 atom stereocenters. The quantitative estimate of drug-likeness (QED) is 0.608. The highest BCUT2D eigenvalue weighted by atomic mass is 35.5. The molecule has 10 heteroatoms. The summed E-state index contributed by atoms with van der Waals surface area (Å²) in [5.41, 5.74) is 0.966. The first-order valence-corrected chi connectivity index (χ1v) is 10.4. The van der Waals surface area contributed by atoms with Crippen molar-refractivity contribution >= 4 is 45.1 Å². The van der Waals surface area contributed by atoms with Crippen LogP contribution in [0.25, 0.3) is 0 Å². The van der Waals surface area contributed by atoms with Gasteiger partial charge >= 0.3 is 5.97 Å². The van der Waals surface area contributed by atoms with Crippen LogP contribution in [0, 0.1) is 0 Å². The summed E-state index contributed by atoms with van der Waals surface area (Å²) >= 11 is 11.7. The maximum Gasteiger partial charge on any atom is 0.338 e. The second-order valence-corrected chi connectivity index (χ2v) is 8.35. The standard InChI is InChI=1S/C18H18Cl2N2O5S/c1-21-28(25,26)16-10-13(4-7-15(16)20)18(24)27-11-17(23)22-9-8-12-2-5-14(19)6-3-12/h2-7,10,21H,8-9,11H2,1H3,(H,22,23). The monoisotopic (exact) mass is 444 g/mol. The number of carbonyl (C=O) groups excluding carboxylic acids is 2. The molecule has 1 amide bonds. The Kier molecular flexibility index (Phi) is 7.82. The fourth-order valence-corrected chi connectivity index (χ4v) is 3.58. The van der Waals surface area contributed by atoms with Crippen molar-refractivity contribution in [2.24, 2.45) is 0 Å². The number of hydrogen-bond acceptors (Lipinski definition) is 5. The third-order valence-electron chi connectivity index (χ3n) is 3.71. The number of hydrogen-bond donors (Lipinski definition) is 2. The normalized spacial score (nSPS) is 11.1. The summed E-state index contributed by atoms with van der Waals surface area (Å²) in [7, 11) is -2.61. The van der Waals surface area contributed by atoms with Crippen LogP contribution in [0.2, 0.25) is 10.0 Å². The minimum Gasteiger partial charge on any atom is -0.452 e. The van der Waals surface area contributed by atoms with E-state index in [0.717, 1.165) is 11.6 Å². The van der Waals surface area contributed by atoms with E-state index in [-0.39, 0.29) is 15.5 Å². The molecule has 0 saturated heterocycles. The lowest BCUT2D eigenvalue weighted by molar-refractivity contribution is -0.124. The van der Waals surface area contributed by atoms with Crippen LogP contribution in [0.3, 0.4) is 0 Å². The van der Waals surface area contributed by atoms with Crippen LogP contribution in [-0.4, -0.2) is 40.5 Å². The van der Waals surface area contributed by atoms with Crippen molar-refractivity contribution < 1.29 is 22.7 Å². The molecule has 7 nitrogen and oxygen atoms in total. The van der Waals surface area contributed by atoms with Crippen molar-refractivity contribution in [2.75, 3.05) is 20.2 Å². The molecule has 0 aliphatic rings. The lowest BCUT2D eigenvalue weighted by atomic mass is 10.1. The maximum absolute atomic E-state index is 12.1. The van der Waals surface area contributed by atoms with Crippen LogP contribution in [0.4, 0.5) is 0 Å². The predicted octanol–water partition coefficient (Wildman–Crippen LogP) is 2.42. The molecular formula is C18H18Cl2N2O5S. The van der Waals surface area contributed by atoms with Crippen LogP contribution < -0.4 is 10.0 Å². The van der Waals surface area contributed by atoms with Crippen molar-refractivity contribution in [2.45, 2.75) is 11.3 Å². The fraction of sp³-hybridized carbons (Fsp3) is 0.222. The van der Waals surface area contributed by atoms with Crippen LogP contribution >= 0.6 is 23.2 Å². The predicted molar refractivity (Wildman–Crippen MR) is 106 cm³/mol. The fourth-order valence-electron chi connectivity index (χ4n) is 2.21. The van der Waals surface area contributed by atoms with Gasteiger partial charge in [-0.3, -0.25) is 4.79 Å². The summed E-state index contributed by atoms with van der Waals surface area (Å²) < 4.78 is 30.8. The van der Waals surface area contributed by atoms with Gasteiger partial charge in [0.05, 0.1) is 10.6 Å². The second-order valence-electron chi connectivity index (χ2n) is 5.66. The minimum atomic E-state index is -3.83. The Morgan fingerprint density at radius 1 is 1.07 bits per heavy atom. The Hall–Kier alpha value is -2.13. The highest BCUT2D eigenvalue weighted by molar-refractivity contribution is 7.89. The Morgan fingerprint density at radius 2 is 1.75 bits per heavy atom. The Morgan fingerprint density at radius 3 is 2.39 bits per heavy atom. The molecule has 2 aromatic carbocycles. The van der Waals surface area contributed by atoms with Gasteiger partial charge in [-0.05, 0) is 49.4 Å². The molecule has 0 aromatic heterocycles. The zero-order valence-corrected chi connectivity index (χ0v) is 17.2. The number of halogens is 2. The number of carbonyl (C=O) groups is 2. The third kappa shape index (κ3) is 6.20. The number of rotatable bonds is 8. The zero-order valence-electron chi connectivity index (χ0n) is 14.9. The minimum absolute atomic E-state index is 0.0350. The molecule has 2 N–H and O–H groups in total. The van der Waals surface area contributed by atoms with E-state index in [4.69, 9.17) is 27.9 Å². The molecule has 0 aliphatic heterocycles. The van der Waals surface area contributed by atoms with E-state index in [1.807, 2.05) is 12.1 Å². The molecule has 2 rings (SSSR count). The van der Waals surface area contributed by atoms with Crippen molar-refractivity contribution in [3.63, 3.8) is 0 Å². The topological polar surface area (TPSA) is 102 Å². The molecule has 0 bridgehead atoms. The van der Waals surface area contributed by atoms with E-state index in [1.165, 1.54) is 19.2 Å². The van der Waals surface area contributed by atoms with E-state index in [0.29, 0.717) is 18.0 Å². The first-order valence-electron chi connectivity index (χ1n) is 8.14. The molecule has 0 heterocycles. The number of ether oxygens (including phenoxy) is 1. The van der Waals surface area contributed by atoms with Crippen LogP contribution in [0.15, 0.2) is 47.4 Å². The van der Waals surface area contributed by atoms with Gasteiger partial charge in [0.15, 0.2) is 6.61 Å². The molecule has 150 valence electrons. The van der Waals surface area contributed by atoms with Crippen molar-refractivity contribution in [1.29, 1.82) is 0 Å². The number of benzene rings is 2. The largest absolute Gasteiger partial charge is 0.452 e. The van der Waals surface area contributed by atoms with Crippen molar-refractivity contribution in [3.05, 3.63) is 63.6 Å². The number of esters is 1. The molecule has 0 radical (unpaired) electrons. The summed E-state index contributed by atoms with van der Waals surface area (Å²) in [6, 6.07) is 10.9. The van der Waals surface area contributed by atoms with Crippen LogP contribution in [0.5, 0.6) is 0 Å². The number of amides is 1. The molecule has 0 saturated carbocycles. The average molecular weight is 445 g/mol. The molecule has 0 aliphatic carbocycles. The van der Waals surface area contributed by atoms with Gasteiger partial charge in [-0.2, -0.15) is 0 Å². The zero-order chi connectivity index (χ0) is 20.7. The third-order valence-corrected chi connectivity index (χ3v) is 5.86. The Balaban J connectivity index is 1.87. The van der Waals surface area contributed by atoms with E-state index in [9.17, 15) is 18.0 Å². The molecule has 2 aromatic rings. The van der Waals surface area contributed by atoms with Gasteiger partial charge in [-0.1, -0.05) is 35.3 Å². The Bertz CT molecular complexity index is 962. The highest BCUT2D eigenvalue weighted by Crippen LogP contribution is 2.22. The molecule has 0 fully saturated rings. The maximum atomic E-state index is 12.1. The first kappa shape index (κ1) is 22.2. The smallest absolute Gasteiger partial charge is 0.338 e. The summed E-state index contributed by atoms with van der Waals surface area (Å²) in [6.45, 7) is -0.125. The van der Waals surface area contributed by atoms with Gasteiger partial charge in [0.1, 0.15) is 4.90 Å². The van der Waals surface area contributed by atoms with Gasteiger partial charge in [0.2, 0.25) is 10.0 Å². The van der Waals surface area contributed by atoms with Crippen LogP contribution in [0.1, 0.15) is 15.9 Å². The SMILES string of the molecule is CNS(=O)(=O)c1cc(C(=O)OCC(=O)NCCc2ccc(Cl)cc2)ccc1Cl. The lowest BCUT2D eigenvalue weighted by Crippen LogP contribution is -2.30. The number of sulfonamides is 1. The summed E-state index contributed by atoms with van der Waals surface area (Å²) in [5.74, 6) is -1.31. The molecule has 28 heavy (non-hydrogen) atoms. The summed E-state index contributed by atoms with van der Waals surface area (Å²) in [6.07, 6.45) is 0.597. The molecule has 0 spiro atoms. The van der Waals surface area contributed by atoms with Crippen molar-refractivity contribution in [1.82, 2.24) is 10.0 Å².